The Bertz CT molecular complexity index is 1130. The summed E-state index contributed by atoms with van der Waals surface area (Å²) in [7, 11) is 1.49. The molecule has 0 saturated carbocycles. The molecule has 0 radical (unpaired) electrons. The number of carbonyl (C=O) groups is 1. The van der Waals surface area contributed by atoms with Gasteiger partial charge in [-0.25, -0.2) is 4.79 Å². The van der Waals surface area contributed by atoms with Crippen LogP contribution in [0, 0.1) is 0 Å². The fourth-order valence-electron chi connectivity index (χ4n) is 4.45. The molecular weight excluding hydrogens is 558 g/mol. The van der Waals surface area contributed by atoms with Gasteiger partial charge in [0, 0.05) is 7.11 Å². The van der Waals surface area contributed by atoms with Gasteiger partial charge in [-0.15, -0.1) is 0 Å². The van der Waals surface area contributed by atoms with Crippen LogP contribution >= 0.6 is 23.2 Å². The molecule has 3 rings (SSSR count). The molecule has 1 aliphatic heterocycles. The number of halogens is 5. The summed E-state index contributed by atoms with van der Waals surface area (Å²) in [6, 6.07) is 9.31. The van der Waals surface area contributed by atoms with Crippen LogP contribution in [0.1, 0.15) is 56.2 Å². The van der Waals surface area contributed by atoms with E-state index in [1.54, 1.807) is 18.2 Å². The van der Waals surface area contributed by atoms with E-state index in [4.69, 9.17) is 42.1 Å². The van der Waals surface area contributed by atoms with E-state index in [-0.39, 0.29) is 32.2 Å². The molecule has 1 heterocycles. The fourth-order valence-corrected chi connectivity index (χ4v) is 4.77. The van der Waals surface area contributed by atoms with Gasteiger partial charge in [-0.1, -0.05) is 35.3 Å². The van der Waals surface area contributed by atoms with Gasteiger partial charge < -0.3 is 24.3 Å². The number of rotatable bonds is 12. The van der Waals surface area contributed by atoms with Crippen molar-refractivity contribution in [1.29, 1.82) is 0 Å². The number of nitrogens with one attached hydrogen (secondary N) is 1. The number of benzene rings is 2. The summed E-state index contributed by atoms with van der Waals surface area (Å²) in [5.41, 5.74) is -0.942. The van der Waals surface area contributed by atoms with Crippen molar-refractivity contribution in [2.24, 2.45) is 0 Å². The van der Waals surface area contributed by atoms with Crippen molar-refractivity contribution in [2.75, 3.05) is 27.1 Å². The number of aryl methyl sites for hydroxylation is 2. The molecule has 0 bridgehead atoms. The third kappa shape index (κ3) is 9.45. The minimum absolute atomic E-state index is 0.0250. The Kier molecular flexibility index (Phi) is 10.8. The number of carbonyl (C=O) groups excluding carboxylic acids is 1. The lowest BCUT2D eigenvalue weighted by molar-refractivity contribution is -0.139. The van der Waals surface area contributed by atoms with Crippen LogP contribution in [-0.4, -0.2) is 44.3 Å². The van der Waals surface area contributed by atoms with E-state index in [0.717, 1.165) is 11.6 Å². The Hall–Kier alpha value is -2.20. The van der Waals surface area contributed by atoms with Crippen molar-refractivity contribution in [3.63, 3.8) is 0 Å². The van der Waals surface area contributed by atoms with Crippen molar-refractivity contribution in [2.45, 2.75) is 69.7 Å². The molecule has 1 fully saturated rings. The Labute approximate surface area is 237 Å². The van der Waals surface area contributed by atoms with Crippen molar-refractivity contribution < 1.29 is 36.9 Å². The van der Waals surface area contributed by atoms with Gasteiger partial charge in [0.2, 0.25) is 0 Å². The molecule has 0 aliphatic carbocycles. The molecule has 11 heteroatoms. The van der Waals surface area contributed by atoms with Gasteiger partial charge >= 0.3 is 12.3 Å². The molecule has 2 aromatic rings. The number of cyclic esters (lactones) is 1. The Balaban J connectivity index is 1.69. The summed E-state index contributed by atoms with van der Waals surface area (Å²) in [6.45, 7) is 3.90. The molecule has 1 amide bonds. The first kappa shape index (κ1) is 31.3. The van der Waals surface area contributed by atoms with E-state index >= 15 is 0 Å². The monoisotopic (exact) mass is 591 g/mol. The number of alkyl halides is 3. The van der Waals surface area contributed by atoms with Crippen LogP contribution in [0.3, 0.4) is 0 Å². The summed E-state index contributed by atoms with van der Waals surface area (Å²) < 4.78 is 63.4. The average Bonchev–Trinajstić information content (AvgIpc) is 2.97. The van der Waals surface area contributed by atoms with E-state index in [0.29, 0.717) is 47.7 Å². The van der Waals surface area contributed by atoms with E-state index in [1.165, 1.54) is 13.2 Å². The minimum Gasteiger partial charge on any atom is -0.493 e. The Morgan fingerprint density at radius 2 is 1.74 bits per heavy atom. The van der Waals surface area contributed by atoms with Gasteiger partial charge in [0.05, 0.1) is 34.4 Å². The summed E-state index contributed by atoms with van der Waals surface area (Å²) in [4.78, 5) is 12.4. The van der Waals surface area contributed by atoms with Gasteiger partial charge in [0.25, 0.3) is 0 Å². The molecule has 0 unspecified atom stereocenters. The maximum Gasteiger partial charge on any atom is 0.419 e. The van der Waals surface area contributed by atoms with Crippen LogP contribution in [0.15, 0.2) is 36.4 Å². The zero-order chi connectivity index (χ0) is 28.7. The maximum absolute atomic E-state index is 13.9. The Morgan fingerprint density at radius 1 is 1.03 bits per heavy atom. The summed E-state index contributed by atoms with van der Waals surface area (Å²) in [5, 5.41) is 3.75. The van der Waals surface area contributed by atoms with E-state index in [9.17, 15) is 18.0 Å². The van der Waals surface area contributed by atoms with Crippen LogP contribution in [0.5, 0.6) is 5.75 Å². The minimum atomic E-state index is -4.59. The number of alkyl carbamates (subject to hydrolysis) is 1. The Morgan fingerprint density at radius 3 is 2.44 bits per heavy atom. The standard InChI is InChI=1S/C28H34Cl2F3NO5/c1-26(2)12-13-27(17-37-18-36-3,34-25(35)39-26)11-10-20-7-9-24(21(15-20)28(31,32)33)38-14-4-5-19-6-8-22(29)23(30)16-19/h6-9,15-16H,4-5,10-14,17-18H2,1-3H3,(H,34,35)/t27-/m0/s1. The summed E-state index contributed by atoms with van der Waals surface area (Å²) >= 11 is 11.9. The van der Waals surface area contributed by atoms with Gasteiger partial charge in [-0.2, -0.15) is 13.2 Å². The molecule has 2 aromatic carbocycles. The molecule has 1 N–H and O–H groups in total. The number of amides is 1. The lowest BCUT2D eigenvalue weighted by atomic mass is 9.84. The molecule has 1 saturated heterocycles. The highest BCUT2D eigenvalue weighted by atomic mass is 35.5. The fraction of sp³-hybridized carbons (Fsp3) is 0.536. The molecule has 6 nitrogen and oxygen atoms in total. The molecule has 1 atom stereocenters. The van der Waals surface area contributed by atoms with Crippen molar-refractivity contribution in [3.8, 4) is 5.75 Å². The number of ether oxygens (including phenoxy) is 4. The van der Waals surface area contributed by atoms with Crippen LogP contribution in [-0.2, 0) is 33.2 Å². The van der Waals surface area contributed by atoms with Crippen molar-refractivity contribution >= 4 is 29.3 Å². The molecule has 1 aliphatic rings. The highest BCUT2D eigenvalue weighted by Crippen LogP contribution is 2.38. The second-order valence-corrected chi connectivity index (χ2v) is 11.2. The van der Waals surface area contributed by atoms with Gasteiger partial charge in [0.15, 0.2) is 0 Å². The third-order valence-electron chi connectivity index (χ3n) is 6.61. The topological polar surface area (TPSA) is 66.0 Å². The molecule has 39 heavy (non-hydrogen) atoms. The first-order chi connectivity index (χ1) is 18.3. The molecule has 0 spiro atoms. The number of methoxy groups -OCH3 is 1. The first-order valence-corrected chi connectivity index (χ1v) is 13.4. The quantitative estimate of drug-likeness (QED) is 0.203. The lowest BCUT2D eigenvalue weighted by Gasteiger charge is -2.32. The molecule has 0 aromatic heterocycles. The van der Waals surface area contributed by atoms with Gasteiger partial charge in [-0.3, -0.25) is 0 Å². The third-order valence-corrected chi connectivity index (χ3v) is 7.35. The predicted octanol–water partition coefficient (Wildman–Crippen LogP) is 7.61. The van der Waals surface area contributed by atoms with Gasteiger partial charge in [0.1, 0.15) is 18.1 Å². The predicted molar refractivity (Wildman–Crippen MR) is 144 cm³/mol. The van der Waals surface area contributed by atoms with Crippen LogP contribution in [0.2, 0.25) is 10.0 Å². The second-order valence-electron chi connectivity index (χ2n) is 10.3. The second kappa shape index (κ2) is 13.4. The first-order valence-electron chi connectivity index (χ1n) is 12.7. The van der Waals surface area contributed by atoms with E-state index in [2.05, 4.69) is 5.32 Å². The summed E-state index contributed by atoms with van der Waals surface area (Å²) in [6.07, 6.45) is -2.38. The lowest BCUT2D eigenvalue weighted by Crippen LogP contribution is -2.51. The highest BCUT2D eigenvalue weighted by Gasteiger charge is 2.40. The smallest absolute Gasteiger partial charge is 0.419 e. The van der Waals surface area contributed by atoms with Gasteiger partial charge in [-0.05, 0) is 87.8 Å². The number of hydrogen-bond donors (Lipinski definition) is 1. The maximum atomic E-state index is 13.9. The van der Waals surface area contributed by atoms with E-state index in [1.807, 2.05) is 19.9 Å². The SMILES string of the molecule is COCOC[C@]1(CCc2ccc(OCCCc3ccc(Cl)c(Cl)c3)c(C(F)(F)F)c2)CCC(C)(C)OC(=O)N1. The summed E-state index contributed by atoms with van der Waals surface area (Å²) in [5.74, 6) is -0.226. The number of hydrogen-bond acceptors (Lipinski definition) is 5. The highest BCUT2D eigenvalue weighted by molar-refractivity contribution is 6.42. The van der Waals surface area contributed by atoms with Crippen LogP contribution < -0.4 is 10.1 Å². The van der Waals surface area contributed by atoms with Crippen molar-refractivity contribution in [3.05, 3.63) is 63.1 Å². The van der Waals surface area contributed by atoms with Crippen LogP contribution in [0.25, 0.3) is 0 Å². The largest absolute Gasteiger partial charge is 0.493 e. The van der Waals surface area contributed by atoms with E-state index < -0.39 is 29.0 Å². The zero-order valence-corrected chi connectivity index (χ0v) is 23.8. The zero-order valence-electron chi connectivity index (χ0n) is 22.3. The molecule has 216 valence electrons. The van der Waals surface area contributed by atoms with Crippen molar-refractivity contribution in [1.82, 2.24) is 5.32 Å². The normalized spacial score (nSPS) is 19.2. The van der Waals surface area contributed by atoms with Crippen LogP contribution in [0.4, 0.5) is 18.0 Å². The molecular formula is C28H34Cl2F3NO5. The average molecular weight is 592 g/mol.